The number of rotatable bonds is 4. The van der Waals surface area contributed by atoms with Gasteiger partial charge in [-0.2, -0.15) is 0 Å². The highest BCUT2D eigenvalue weighted by molar-refractivity contribution is 7.14. The fraction of sp³-hybridized carbons (Fsp3) is 0.0526. The van der Waals surface area contributed by atoms with Gasteiger partial charge in [0.1, 0.15) is 0 Å². The number of aromatic nitrogens is 3. The highest BCUT2D eigenvalue weighted by atomic mass is 32.1. The number of hydrogen-bond acceptors (Lipinski definition) is 5. The average Bonchev–Trinajstić information content (AvgIpc) is 3.25. The number of thiazole rings is 1. The summed E-state index contributed by atoms with van der Waals surface area (Å²) < 4.78 is 0. The Morgan fingerprint density at radius 3 is 2.81 bits per heavy atom. The quantitative estimate of drug-likeness (QED) is 0.427. The molecule has 0 atom stereocenters. The molecule has 1 amide bonds. The molecule has 26 heavy (non-hydrogen) atoms. The SMILES string of the molecule is Cc1[nH]c2ccccc2c1C(=O)C(=O)Nc1nc(-c2cccnc2)cs1. The molecule has 128 valence electrons. The Balaban J connectivity index is 1.58. The number of aromatic amines is 1. The van der Waals surface area contributed by atoms with Crippen molar-refractivity contribution in [2.75, 3.05) is 5.32 Å². The van der Waals surface area contributed by atoms with Gasteiger partial charge in [0.05, 0.1) is 11.3 Å². The maximum Gasteiger partial charge on any atom is 0.298 e. The first-order valence-electron chi connectivity index (χ1n) is 7.92. The normalized spacial score (nSPS) is 10.8. The molecule has 0 saturated carbocycles. The van der Waals surface area contributed by atoms with Gasteiger partial charge in [-0.1, -0.05) is 18.2 Å². The van der Waals surface area contributed by atoms with Gasteiger partial charge < -0.3 is 4.98 Å². The summed E-state index contributed by atoms with van der Waals surface area (Å²) in [6.45, 7) is 1.78. The Morgan fingerprint density at radius 1 is 1.15 bits per heavy atom. The molecule has 4 aromatic rings. The molecule has 3 aromatic heterocycles. The first-order valence-corrected chi connectivity index (χ1v) is 8.80. The highest BCUT2D eigenvalue weighted by Gasteiger charge is 2.23. The summed E-state index contributed by atoms with van der Waals surface area (Å²) in [4.78, 5) is 36.6. The summed E-state index contributed by atoms with van der Waals surface area (Å²) in [6, 6.07) is 11.1. The van der Waals surface area contributed by atoms with E-state index in [4.69, 9.17) is 0 Å². The zero-order valence-electron chi connectivity index (χ0n) is 13.8. The summed E-state index contributed by atoms with van der Waals surface area (Å²) in [5, 5.41) is 5.52. The highest BCUT2D eigenvalue weighted by Crippen LogP contribution is 2.25. The van der Waals surface area contributed by atoms with Gasteiger partial charge in [0.15, 0.2) is 5.13 Å². The van der Waals surface area contributed by atoms with E-state index in [9.17, 15) is 9.59 Å². The molecule has 0 aliphatic carbocycles. The van der Waals surface area contributed by atoms with Crippen molar-refractivity contribution in [2.45, 2.75) is 6.92 Å². The number of aryl methyl sites for hydroxylation is 1. The lowest BCUT2D eigenvalue weighted by Gasteiger charge is -2.01. The third-order valence-electron chi connectivity index (χ3n) is 4.01. The van der Waals surface area contributed by atoms with Crippen LogP contribution < -0.4 is 5.32 Å². The second kappa shape index (κ2) is 6.53. The molecule has 6 nitrogen and oxygen atoms in total. The summed E-state index contributed by atoms with van der Waals surface area (Å²) >= 11 is 1.26. The van der Waals surface area contributed by atoms with Crippen LogP contribution in [-0.4, -0.2) is 26.6 Å². The van der Waals surface area contributed by atoms with Crippen LogP contribution >= 0.6 is 11.3 Å². The second-order valence-electron chi connectivity index (χ2n) is 5.73. The van der Waals surface area contributed by atoms with Gasteiger partial charge in [-0.15, -0.1) is 11.3 Å². The second-order valence-corrected chi connectivity index (χ2v) is 6.59. The van der Waals surface area contributed by atoms with Crippen molar-refractivity contribution in [3.05, 3.63) is 65.4 Å². The van der Waals surface area contributed by atoms with Crippen LogP contribution in [0.2, 0.25) is 0 Å². The number of carbonyl (C=O) groups excluding carboxylic acids is 2. The van der Waals surface area contributed by atoms with E-state index in [0.717, 1.165) is 16.5 Å². The van der Waals surface area contributed by atoms with Crippen LogP contribution in [0.15, 0.2) is 54.2 Å². The molecule has 3 heterocycles. The van der Waals surface area contributed by atoms with E-state index in [-0.39, 0.29) is 0 Å². The monoisotopic (exact) mass is 362 g/mol. The predicted octanol–water partition coefficient (Wildman–Crippen LogP) is 3.82. The van der Waals surface area contributed by atoms with E-state index >= 15 is 0 Å². The van der Waals surface area contributed by atoms with Crippen molar-refractivity contribution in [3.8, 4) is 11.3 Å². The molecule has 0 bridgehead atoms. The number of hydrogen-bond donors (Lipinski definition) is 2. The number of pyridine rings is 1. The molecular weight excluding hydrogens is 348 g/mol. The predicted molar refractivity (Wildman–Crippen MR) is 101 cm³/mol. The van der Waals surface area contributed by atoms with Crippen molar-refractivity contribution >= 4 is 39.1 Å². The van der Waals surface area contributed by atoms with Crippen LogP contribution in [0.1, 0.15) is 16.1 Å². The van der Waals surface area contributed by atoms with Crippen LogP contribution in [0.5, 0.6) is 0 Å². The maximum absolute atomic E-state index is 12.7. The third-order valence-corrected chi connectivity index (χ3v) is 4.77. The third kappa shape index (κ3) is 2.89. The molecule has 0 spiro atoms. The molecule has 7 heteroatoms. The number of fused-ring (bicyclic) bond motifs is 1. The summed E-state index contributed by atoms with van der Waals surface area (Å²) in [6.07, 6.45) is 3.38. The van der Waals surface area contributed by atoms with E-state index in [1.54, 1.807) is 19.3 Å². The Labute approximate surface area is 152 Å². The van der Waals surface area contributed by atoms with E-state index in [1.807, 2.05) is 41.8 Å². The first-order chi connectivity index (χ1) is 12.6. The fourth-order valence-electron chi connectivity index (χ4n) is 2.81. The Morgan fingerprint density at radius 2 is 2.00 bits per heavy atom. The van der Waals surface area contributed by atoms with Crippen LogP contribution in [0.25, 0.3) is 22.2 Å². The Kier molecular flexibility index (Phi) is 4.06. The lowest BCUT2D eigenvalue weighted by Crippen LogP contribution is -2.23. The topological polar surface area (TPSA) is 87.7 Å². The van der Waals surface area contributed by atoms with Crippen molar-refractivity contribution in [2.24, 2.45) is 0 Å². The van der Waals surface area contributed by atoms with Crippen molar-refractivity contribution in [1.82, 2.24) is 15.0 Å². The average molecular weight is 362 g/mol. The first kappa shape index (κ1) is 16.2. The largest absolute Gasteiger partial charge is 0.358 e. The molecule has 2 N–H and O–H groups in total. The minimum absolute atomic E-state index is 0.375. The van der Waals surface area contributed by atoms with Crippen LogP contribution in [0.4, 0.5) is 5.13 Å². The molecule has 0 radical (unpaired) electrons. The van der Waals surface area contributed by atoms with Gasteiger partial charge in [0, 0.05) is 39.9 Å². The Hall–Kier alpha value is -3.32. The minimum atomic E-state index is -0.704. The number of anilines is 1. The zero-order valence-corrected chi connectivity index (χ0v) is 14.6. The molecule has 1 aromatic carbocycles. The van der Waals surface area contributed by atoms with Crippen LogP contribution in [-0.2, 0) is 4.79 Å². The lowest BCUT2D eigenvalue weighted by molar-refractivity contribution is -0.112. The zero-order chi connectivity index (χ0) is 18.1. The number of H-pyrrole nitrogens is 1. The number of carbonyl (C=O) groups is 2. The lowest BCUT2D eigenvalue weighted by atomic mass is 10.1. The number of para-hydroxylation sites is 1. The molecule has 0 fully saturated rings. The van der Waals surface area contributed by atoms with Gasteiger partial charge in [0.25, 0.3) is 11.7 Å². The number of ketones is 1. The van der Waals surface area contributed by atoms with Gasteiger partial charge in [0.2, 0.25) is 0 Å². The van der Waals surface area contributed by atoms with Crippen molar-refractivity contribution in [3.63, 3.8) is 0 Å². The fourth-order valence-corrected chi connectivity index (χ4v) is 3.53. The van der Waals surface area contributed by atoms with Gasteiger partial charge in [-0.3, -0.25) is 19.9 Å². The van der Waals surface area contributed by atoms with E-state index in [0.29, 0.717) is 22.1 Å². The van der Waals surface area contributed by atoms with E-state index < -0.39 is 11.7 Å². The number of Topliss-reactive ketones (excluding diaryl/α,β-unsaturated/α-hetero) is 1. The number of amides is 1. The molecule has 4 rings (SSSR count). The number of nitrogens with one attached hydrogen (secondary N) is 2. The standard InChI is InChI=1S/C19H14N4O2S/c1-11-16(13-6-2-3-7-14(13)21-11)17(24)18(25)23-19-22-15(10-26-19)12-5-4-8-20-9-12/h2-10,21H,1H3,(H,22,23,25). The minimum Gasteiger partial charge on any atom is -0.358 e. The van der Waals surface area contributed by atoms with E-state index in [1.165, 1.54) is 11.3 Å². The molecule has 0 aliphatic rings. The molecular formula is C19H14N4O2S. The Bertz CT molecular complexity index is 1110. The summed E-state index contributed by atoms with van der Waals surface area (Å²) in [5.74, 6) is -1.29. The summed E-state index contributed by atoms with van der Waals surface area (Å²) in [5.41, 5.74) is 3.44. The van der Waals surface area contributed by atoms with Crippen molar-refractivity contribution < 1.29 is 9.59 Å². The molecule has 0 unspecified atom stereocenters. The number of benzene rings is 1. The smallest absolute Gasteiger partial charge is 0.298 e. The molecule has 0 saturated heterocycles. The van der Waals surface area contributed by atoms with Gasteiger partial charge in [-0.25, -0.2) is 4.98 Å². The van der Waals surface area contributed by atoms with E-state index in [2.05, 4.69) is 20.3 Å². The van der Waals surface area contributed by atoms with Crippen LogP contribution in [0, 0.1) is 6.92 Å². The van der Waals surface area contributed by atoms with Gasteiger partial charge >= 0.3 is 0 Å². The van der Waals surface area contributed by atoms with Gasteiger partial charge in [-0.05, 0) is 25.1 Å². The number of nitrogens with zero attached hydrogens (tertiary/aromatic N) is 2. The summed E-state index contributed by atoms with van der Waals surface area (Å²) in [7, 11) is 0. The van der Waals surface area contributed by atoms with Crippen LogP contribution in [0.3, 0.4) is 0 Å². The maximum atomic E-state index is 12.7. The van der Waals surface area contributed by atoms with Crippen molar-refractivity contribution in [1.29, 1.82) is 0 Å². The molecule has 0 aliphatic heterocycles.